The molecule has 5 heteroatoms. The highest BCUT2D eigenvalue weighted by molar-refractivity contribution is 7.85. The van der Waals surface area contributed by atoms with Crippen molar-refractivity contribution >= 4 is 22.0 Å². The van der Waals surface area contributed by atoms with E-state index in [0.717, 1.165) is 12.0 Å². The lowest BCUT2D eigenvalue weighted by atomic mass is 10.2. The van der Waals surface area contributed by atoms with Crippen molar-refractivity contribution < 1.29 is 18.0 Å². The molecule has 20 heavy (non-hydrogen) atoms. The predicted molar refractivity (Wildman–Crippen MR) is 76.0 cm³/mol. The standard InChI is InChI=1S/C8H7N.C7H8O3S/c1-2-4-8-7(3-1)5-6-9-8;1-6-2-4-7(5-3-6)11(8,9)10/h1-4,6H,5H2;2-5H,1H3,(H,8,9,10). The monoisotopic (exact) mass is 289 g/mol. The van der Waals surface area contributed by atoms with E-state index in [2.05, 4.69) is 29.4 Å². The summed E-state index contributed by atoms with van der Waals surface area (Å²) in [5, 5.41) is 0. The molecule has 0 amide bonds. The van der Waals surface area contributed by atoms with Crippen LogP contribution < -0.4 is 4.99 Å². The fraction of sp³-hybridized carbons (Fsp3) is 0.133. The molecule has 0 unspecified atom stereocenters. The van der Waals surface area contributed by atoms with Gasteiger partial charge in [0.25, 0.3) is 0 Å². The summed E-state index contributed by atoms with van der Waals surface area (Å²) in [5.74, 6) is 0. The normalized spacial score (nSPS) is 12.5. The smallest absolute Gasteiger partial charge is 0.206 e. The van der Waals surface area contributed by atoms with E-state index in [-0.39, 0.29) is 4.90 Å². The van der Waals surface area contributed by atoms with E-state index in [9.17, 15) is 13.0 Å². The zero-order valence-electron chi connectivity index (χ0n) is 11.0. The molecule has 1 heterocycles. The highest BCUT2D eigenvalue weighted by Gasteiger charge is 2.09. The highest BCUT2D eigenvalue weighted by atomic mass is 32.2. The fourth-order valence-corrected chi connectivity index (χ4v) is 2.28. The Bertz CT molecular complexity index is 719. The Hall–Kier alpha value is -1.98. The lowest BCUT2D eigenvalue weighted by Crippen LogP contribution is -2.58. The van der Waals surface area contributed by atoms with Crippen LogP contribution in [0.25, 0.3) is 0 Å². The lowest BCUT2D eigenvalue weighted by molar-refractivity contribution is -0.343. The van der Waals surface area contributed by atoms with Gasteiger partial charge in [-0.1, -0.05) is 35.9 Å². The third-order valence-corrected chi connectivity index (χ3v) is 3.76. The van der Waals surface area contributed by atoms with Gasteiger partial charge in [-0.2, -0.15) is 0 Å². The fourth-order valence-electron chi connectivity index (χ4n) is 1.81. The summed E-state index contributed by atoms with van der Waals surface area (Å²) in [6.07, 6.45) is 3.14. The second-order valence-electron chi connectivity index (χ2n) is 4.48. The minimum absolute atomic E-state index is 0.178. The molecule has 4 nitrogen and oxygen atoms in total. The quantitative estimate of drug-likeness (QED) is 0.794. The van der Waals surface area contributed by atoms with Gasteiger partial charge in [0, 0.05) is 11.6 Å². The maximum absolute atomic E-state index is 10.4. The minimum Gasteiger partial charge on any atom is -0.744 e. The Morgan fingerprint density at radius 2 is 1.70 bits per heavy atom. The van der Waals surface area contributed by atoms with Gasteiger partial charge in [0.1, 0.15) is 16.3 Å². The first-order valence-electron chi connectivity index (χ1n) is 6.15. The number of benzene rings is 2. The molecule has 1 aliphatic rings. The Kier molecular flexibility index (Phi) is 4.32. The van der Waals surface area contributed by atoms with Crippen LogP contribution in [-0.2, 0) is 16.5 Å². The van der Waals surface area contributed by atoms with Crippen molar-refractivity contribution in [2.45, 2.75) is 18.2 Å². The molecular formula is C15H15NO3S. The second kappa shape index (κ2) is 5.98. The molecule has 3 rings (SSSR count). The van der Waals surface area contributed by atoms with Crippen LogP contribution >= 0.6 is 0 Å². The molecule has 0 radical (unpaired) electrons. The van der Waals surface area contributed by atoms with Crippen LogP contribution in [0, 0.1) is 6.92 Å². The molecule has 104 valence electrons. The molecule has 0 saturated carbocycles. The first-order chi connectivity index (χ1) is 9.47. The maximum atomic E-state index is 10.4. The van der Waals surface area contributed by atoms with E-state index >= 15 is 0 Å². The van der Waals surface area contributed by atoms with Gasteiger partial charge >= 0.3 is 0 Å². The van der Waals surface area contributed by atoms with Crippen molar-refractivity contribution in [3.63, 3.8) is 0 Å². The summed E-state index contributed by atoms with van der Waals surface area (Å²) in [6, 6.07) is 14.1. The molecule has 1 aliphatic heterocycles. The van der Waals surface area contributed by atoms with Gasteiger partial charge in [0.15, 0.2) is 0 Å². The average molecular weight is 289 g/mol. The van der Waals surface area contributed by atoms with Gasteiger partial charge in [-0.15, -0.1) is 0 Å². The minimum atomic E-state index is -4.27. The van der Waals surface area contributed by atoms with E-state index in [1.807, 2.05) is 13.0 Å². The number of rotatable bonds is 1. The first kappa shape index (κ1) is 14.4. The summed E-state index contributed by atoms with van der Waals surface area (Å²) >= 11 is 0. The van der Waals surface area contributed by atoms with Crippen LogP contribution in [0.5, 0.6) is 0 Å². The van der Waals surface area contributed by atoms with Gasteiger partial charge in [0.2, 0.25) is 5.69 Å². The van der Waals surface area contributed by atoms with E-state index in [1.165, 1.54) is 23.4 Å². The molecule has 0 atom stereocenters. The molecule has 2 aromatic carbocycles. The number of aryl methyl sites for hydroxylation is 1. The lowest BCUT2D eigenvalue weighted by Gasteiger charge is -2.05. The van der Waals surface area contributed by atoms with Crippen molar-refractivity contribution in [3.05, 3.63) is 59.7 Å². The zero-order chi connectivity index (χ0) is 14.6. The van der Waals surface area contributed by atoms with Crippen LogP contribution in [-0.4, -0.2) is 19.2 Å². The average Bonchev–Trinajstić information content (AvgIpc) is 2.87. The second-order valence-corrected chi connectivity index (χ2v) is 5.86. The molecule has 1 N–H and O–H groups in total. The zero-order valence-corrected chi connectivity index (χ0v) is 11.9. The van der Waals surface area contributed by atoms with E-state index in [1.54, 1.807) is 12.1 Å². The molecule has 0 bridgehead atoms. The highest BCUT2D eigenvalue weighted by Crippen LogP contribution is 2.10. The summed E-state index contributed by atoms with van der Waals surface area (Å²) < 4.78 is 31.2. The third kappa shape index (κ3) is 3.76. The largest absolute Gasteiger partial charge is 0.744 e. The Morgan fingerprint density at radius 1 is 1.05 bits per heavy atom. The molecular weight excluding hydrogens is 274 g/mol. The molecule has 0 spiro atoms. The summed E-state index contributed by atoms with van der Waals surface area (Å²) in [7, 11) is -4.27. The van der Waals surface area contributed by atoms with Gasteiger partial charge in [0.05, 0.1) is 11.3 Å². The third-order valence-electron chi connectivity index (χ3n) is 2.91. The summed E-state index contributed by atoms with van der Waals surface area (Å²) in [6.45, 7) is 1.82. The molecule has 2 aromatic rings. The number of fused-ring (bicyclic) bond motifs is 1. The molecule has 0 aromatic heterocycles. The van der Waals surface area contributed by atoms with Crippen molar-refractivity contribution in [2.24, 2.45) is 0 Å². The Balaban J connectivity index is 0.000000149. The summed E-state index contributed by atoms with van der Waals surface area (Å²) in [4.78, 5) is 3.00. The predicted octanol–water partition coefficient (Wildman–Crippen LogP) is 0.925. The number of nitrogens with one attached hydrogen (secondary N) is 1. The maximum Gasteiger partial charge on any atom is 0.206 e. The SMILES string of the molecule is C1=[NH+]c2ccccc2C1.Cc1ccc(S(=O)(=O)[O-])cc1. The molecule has 0 aliphatic carbocycles. The van der Waals surface area contributed by atoms with Gasteiger partial charge < -0.3 is 4.55 Å². The van der Waals surface area contributed by atoms with E-state index in [4.69, 9.17) is 0 Å². The molecule has 0 saturated heterocycles. The van der Waals surface area contributed by atoms with Crippen LogP contribution in [0.4, 0.5) is 5.69 Å². The Labute approximate surface area is 118 Å². The van der Waals surface area contributed by atoms with E-state index < -0.39 is 10.1 Å². The van der Waals surface area contributed by atoms with Crippen LogP contribution in [0.1, 0.15) is 11.1 Å². The van der Waals surface area contributed by atoms with Crippen molar-refractivity contribution in [1.29, 1.82) is 0 Å². The van der Waals surface area contributed by atoms with E-state index in [0.29, 0.717) is 0 Å². The molecule has 0 fully saturated rings. The number of hydrogen-bond donors (Lipinski definition) is 1. The van der Waals surface area contributed by atoms with Crippen molar-refractivity contribution in [2.75, 3.05) is 0 Å². The number of hydrogen-bond acceptors (Lipinski definition) is 3. The van der Waals surface area contributed by atoms with Crippen LogP contribution in [0.15, 0.2) is 53.4 Å². The van der Waals surface area contributed by atoms with Crippen LogP contribution in [0.3, 0.4) is 0 Å². The van der Waals surface area contributed by atoms with Crippen molar-refractivity contribution in [3.8, 4) is 0 Å². The van der Waals surface area contributed by atoms with Gasteiger partial charge in [-0.25, -0.2) is 13.4 Å². The van der Waals surface area contributed by atoms with Crippen molar-refractivity contribution in [1.82, 2.24) is 0 Å². The van der Waals surface area contributed by atoms with Gasteiger partial charge in [-0.05, 0) is 19.1 Å². The van der Waals surface area contributed by atoms with Crippen LogP contribution in [0.2, 0.25) is 0 Å². The van der Waals surface area contributed by atoms with Gasteiger partial charge in [-0.3, -0.25) is 0 Å². The summed E-state index contributed by atoms with van der Waals surface area (Å²) in [5.41, 5.74) is 3.59. The topological polar surface area (TPSA) is 71.2 Å². The Morgan fingerprint density at radius 3 is 2.30 bits per heavy atom. The first-order valence-corrected chi connectivity index (χ1v) is 7.56. The number of para-hydroxylation sites is 1.